The summed E-state index contributed by atoms with van der Waals surface area (Å²) in [7, 11) is 0. The second-order valence-corrected chi connectivity index (χ2v) is 4.62. The SMILES string of the molecule is C=CCN(CC(=O)O)C(=O)N(CCCC)C1CC1. The molecule has 1 aliphatic rings. The fraction of sp³-hybridized carbons (Fsp3) is 0.692. The first-order chi connectivity index (χ1) is 8.60. The number of amides is 2. The molecule has 0 unspecified atom stereocenters. The number of hydrogen-bond acceptors (Lipinski definition) is 2. The molecule has 5 nitrogen and oxygen atoms in total. The predicted molar refractivity (Wildman–Crippen MR) is 69.4 cm³/mol. The summed E-state index contributed by atoms with van der Waals surface area (Å²) < 4.78 is 0. The average Bonchev–Trinajstić information content (AvgIpc) is 3.12. The number of rotatable bonds is 8. The molecule has 0 bridgehead atoms. The molecule has 1 N–H and O–H groups in total. The van der Waals surface area contributed by atoms with Crippen molar-refractivity contribution in [3.8, 4) is 0 Å². The zero-order valence-corrected chi connectivity index (χ0v) is 11.0. The summed E-state index contributed by atoms with van der Waals surface area (Å²) in [6.45, 7) is 6.37. The number of urea groups is 1. The second-order valence-electron chi connectivity index (χ2n) is 4.62. The van der Waals surface area contributed by atoms with Crippen LogP contribution in [0.5, 0.6) is 0 Å². The summed E-state index contributed by atoms with van der Waals surface area (Å²) in [5.74, 6) is -0.989. The highest BCUT2D eigenvalue weighted by molar-refractivity contribution is 5.80. The van der Waals surface area contributed by atoms with Crippen molar-refractivity contribution in [2.24, 2.45) is 0 Å². The minimum atomic E-state index is -0.989. The van der Waals surface area contributed by atoms with Gasteiger partial charge in [0.25, 0.3) is 0 Å². The van der Waals surface area contributed by atoms with Gasteiger partial charge in [-0.1, -0.05) is 19.4 Å². The third kappa shape index (κ3) is 4.39. The topological polar surface area (TPSA) is 60.9 Å². The predicted octanol–water partition coefficient (Wildman–Crippen LogP) is 1.94. The van der Waals surface area contributed by atoms with Crippen LogP contribution in [0.15, 0.2) is 12.7 Å². The van der Waals surface area contributed by atoms with Crippen LogP contribution >= 0.6 is 0 Å². The molecular weight excluding hydrogens is 232 g/mol. The largest absolute Gasteiger partial charge is 0.480 e. The Kier molecular flexibility index (Phi) is 5.68. The van der Waals surface area contributed by atoms with Crippen molar-refractivity contribution in [2.45, 2.75) is 38.6 Å². The van der Waals surface area contributed by atoms with Crippen molar-refractivity contribution >= 4 is 12.0 Å². The van der Waals surface area contributed by atoms with Gasteiger partial charge < -0.3 is 14.9 Å². The number of carboxylic acid groups (broad SMARTS) is 1. The van der Waals surface area contributed by atoms with Crippen LogP contribution < -0.4 is 0 Å². The van der Waals surface area contributed by atoms with E-state index in [1.165, 1.54) is 4.90 Å². The Morgan fingerprint density at radius 2 is 2.11 bits per heavy atom. The van der Waals surface area contributed by atoms with Crippen molar-refractivity contribution in [2.75, 3.05) is 19.6 Å². The van der Waals surface area contributed by atoms with E-state index in [2.05, 4.69) is 13.5 Å². The van der Waals surface area contributed by atoms with Gasteiger partial charge in [0.1, 0.15) is 6.54 Å². The highest BCUT2D eigenvalue weighted by atomic mass is 16.4. The Morgan fingerprint density at radius 3 is 2.56 bits per heavy atom. The van der Waals surface area contributed by atoms with Gasteiger partial charge in [0.05, 0.1) is 0 Å². The molecule has 0 radical (unpaired) electrons. The van der Waals surface area contributed by atoms with Crippen molar-refractivity contribution in [1.82, 2.24) is 9.80 Å². The number of hydrogen-bond donors (Lipinski definition) is 1. The number of nitrogens with zero attached hydrogens (tertiary/aromatic N) is 2. The highest BCUT2D eigenvalue weighted by Crippen LogP contribution is 2.28. The van der Waals surface area contributed by atoms with Gasteiger partial charge in [-0.2, -0.15) is 0 Å². The Labute approximate surface area is 108 Å². The van der Waals surface area contributed by atoms with Crippen molar-refractivity contribution in [3.63, 3.8) is 0 Å². The van der Waals surface area contributed by atoms with Gasteiger partial charge in [0, 0.05) is 19.1 Å². The van der Waals surface area contributed by atoms with Gasteiger partial charge in [0.15, 0.2) is 0 Å². The molecule has 0 atom stereocenters. The number of carbonyl (C=O) groups excluding carboxylic acids is 1. The van der Waals surface area contributed by atoms with Crippen molar-refractivity contribution < 1.29 is 14.7 Å². The van der Waals surface area contributed by atoms with Gasteiger partial charge in [-0.25, -0.2) is 4.79 Å². The maximum Gasteiger partial charge on any atom is 0.323 e. The summed E-state index contributed by atoms with van der Waals surface area (Å²) in [5, 5.41) is 8.82. The van der Waals surface area contributed by atoms with Crippen LogP contribution in [0.3, 0.4) is 0 Å². The molecule has 1 aliphatic carbocycles. The molecule has 102 valence electrons. The summed E-state index contributed by atoms with van der Waals surface area (Å²) in [5.41, 5.74) is 0. The monoisotopic (exact) mass is 254 g/mol. The molecule has 1 saturated carbocycles. The quantitative estimate of drug-likeness (QED) is 0.673. The van der Waals surface area contributed by atoms with E-state index in [1.54, 1.807) is 6.08 Å². The molecular formula is C13H22N2O3. The summed E-state index contributed by atoms with van der Waals surface area (Å²) >= 11 is 0. The number of aliphatic carboxylic acids is 1. The average molecular weight is 254 g/mol. The molecule has 5 heteroatoms. The molecule has 0 spiro atoms. The van der Waals surface area contributed by atoms with Gasteiger partial charge >= 0.3 is 12.0 Å². The van der Waals surface area contributed by atoms with E-state index in [9.17, 15) is 9.59 Å². The number of carboxylic acids is 1. The van der Waals surface area contributed by atoms with E-state index in [0.29, 0.717) is 12.6 Å². The lowest BCUT2D eigenvalue weighted by Gasteiger charge is -2.29. The zero-order valence-electron chi connectivity index (χ0n) is 11.0. The summed E-state index contributed by atoms with van der Waals surface area (Å²) in [6, 6.07) is 0.137. The van der Waals surface area contributed by atoms with Crippen molar-refractivity contribution in [1.29, 1.82) is 0 Å². The summed E-state index contributed by atoms with van der Waals surface area (Å²) in [6.07, 6.45) is 5.61. The summed E-state index contributed by atoms with van der Waals surface area (Å²) in [4.78, 5) is 26.2. The molecule has 0 saturated heterocycles. The maximum atomic E-state index is 12.3. The minimum Gasteiger partial charge on any atom is -0.480 e. The van der Waals surface area contributed by atoms with E-state index in [1.807, 2.05) is 4.90 Å². The fourth-order valence-electron chi connectivity index (χ4n) is 1.86. The molecule has 18 heavy (non-hydrogen) atoms. The maximum absolute atomic E-state index is 12.3. The van der Waals surface area contributed by atoms with E-state index in [-0.39, 0.29) is 19.1 Å². The van der Waals surface area contributed by atoms with Crippen LogP contribution in [0.1, 0.15) is 32.6 Å². The molecule has 1 rings (SSSR count). The number of unbranched alkanes of at least 4 members (excludes halogenated alkanes) is 1. The first-order valence-electron chi connectivity index (χ1n) is 6.48. The Hall–Kier alpha value is -1.52. The Bertz CT molecular complexity index is 313. The standard InChI is InChI=1S/C13H22N2O3/c1-3-5-9-15(11-6-7-11)13(18)14(8-4-2)10-12(16)17/h4,11H,2-3,5-10H2,1H3,(H,16,17). The lowest BCUT2D eigenvalue weighted by atomic mass is 10.3. The van der Waals surface area contributed by atoms with E-state index >= 15 is 0 Å². The van der Waals surface area contributed by atoms with Crippen LogP contribution in [0.25, 0.3) is 0 Å². The van der Waals surface area contributed by atoms with Crippen LogP contribution in [0.2, 0.25) is 0 Å². The van der Waals surface area contributed by atoms with Crippen LogP contribution in [-0.2, 0) is 4.79 Å². The number of carbonyl (C=O) groups is 2. The molecule has 2 amide bonds. The minimum absolute atomic E-state index is 0.173. The fourth-order valence-corrected chi connectivity index (χ4v) is 1.86. The Balaban J connectivity index is 2.64. The van der Waals surface area contributed by atoms with Crippen molar-refractivity contribution in [3.05, 3.63) is 12.7 Å². The van der Waals surface area contributed by atoms with E-state index in [0.717, 1.165) is 25.7 Å². The van der Waals surface area contributed by atoms with Crippen LogP contribution in [0.4, 0.5) is 4.79 Å². The molecule has 0 aromatic carbocycles. The van der Waals surface area contributed by atoms with Gasteiger partial charge in [0.2, 0.25) is 0 Å². The first kappa shape index (κ1) is 14.5. The second kappa shape index (κ2) is 7.03. The van der Waals surface area contributed by atoms with Crippen LogP contribution in [-0.4, -0.2) is 52.6 Å². The third-order valence-electron chi connectivity index (χ3n) is 2.93. The van der Waals surface area contributed by atoms with Gasteiger partial charge in [-0.05, 0) is 19.3 Å². The van der Waals surface area contributed by atoms with E-state index in [4.69, 9.17) is 5.11 Å². The zero-order chi connectivity index (χ0) is 13.5. The molecule has 0 aromatic heterocycles. The molecule has 1 fully saturated rings. The van der Waals surface area contributed by atoms with Gasteiger partial charge in [-0.3, -0.25) is 4.79 Å². The highest BCUT2D eigenvalue weighted by Gasteiger charge is 2.34. The first-order valence-corrected chi connectivity index (χ1v) is 6.48. The lowest BCUT2D eigenvalue weighted by molar-refractivity contribution is -0.137. The molecule has 0 aliphatic heterocycles. The normalized spacial score (nSPS) is 14.1. The lowest BCUT2D eigenvalue weighted by Crippen LogP contribution is -2.46. The van der Waals surface area contributed by atoms with Crippen LogP contribution in [0, 0.1) is 0 Å². The molecule has 0 heterocycles. The van der Waals surface area contributed by atoms with E-state index < -0.39 is 5.97 Å². The van der Waals surface area contributed by atoms with Gasteiger partial charge in [-0.15, -0.1) is 6.58 Å². The third-order valence-corrected chi connectivity index (χ3v) is 2.93. The molecule has 0 aromatic rings. The Morgan fingerprint density at radius 1 is 1.44 bits per heavy atom. The smallest absolute Gasteiger partial charge is 0.323 e.